The lowest BCUT2D eigenvalue weighted by atomic mass is 9.68. The van der Waals surface area contributed by atoms with Crippen molar-refractivity contribution in [2.24, 2.45) is 0 Å². The summed E-state index contributed by atoms with van der Waals surface area (Å²) >= 11 is 0. The summed E-state index contributed by atoms with van der Waals surface area (Å²) < 4.78 is 35.8. The third-order valence-corrected chi connectivity index (χ3v) is 8.55. The highest BCUT2D eigenvalue weighted by molar-refractivity contribution is 7.87. The fourth-order valence-electron chi connectivity index (χ4n) is 4.96. The van der Waals surface area contributed by atoms with Crippen LogP contribution in [-0.2, 0) is 15.6 Å². The Hall–Kier alpha value is -2.42. The molecule has 0 saturated heterocycles. The highest BCUT2D eigenvalue weighted by Crippen LogP contribution is 2.39. The second kappa shape index (κ2) is 12.5. The van der Waals surface area contributed by atoms with Gasteiger partial charge >= 0.3 is 0 Å². The molecule has 2 aromatic rings. The summed E-state index contributed by atoms with van der Waals surface area (Å²) in [6.07, 6.45) is 4.55. The Kier molecular flexibility index (Phi) is 9.71. The van der Waals surface area contributed by atoms with Gasteiger partial charge in [-0.15, -0.1) is 0 Å². The van der Waals surface area contributed by atoms with Crippen molar-refractivity contribution >= 4 is 16.1 Å². The number of rotatable bonds is 12. The van der Waals surface area contributed by atoms with Crippen LogP contribution >= 0.6 is 0 Å². The molecule has 0 unspecified atom stereocenters. The van der Waals surface area contributed by atoms with Gasteiger partial charge in [0.2, 0.25) is 0 Å². The SMILES string of the molecule is CCCN(CCC)S(=O)(=O)N[C@H]1CC[C@@](CNC(=O)c2ccccc2OC)(c2ccccc2)CC1. The zero-order valence-corrected chi connectivity index (χ0v) is 21.9. The lowest BCUT2D eigenvalue weighted by molar-refractivity contribution is 0.0932. The average molecular weight is 502 g/mol. The van der Waals surface area contributed by atoms with Crippen LogP contribution in [0.4, 0.5) is 0 Å². The Morgan fingerprint density at radius 2 is 1.60 bits per heavy atom. The molecule has 35 heavy (non-hydrogen) atoms. The van der Waals surface area contributed by atoms with Crippen molar-refractivity contribution in [3.05, 3.63) is 65.7 Å². The van der Waals surface area contributed by atoms with Gasteiger partial charge in [-0.25, -0.2) is 0 Å². The molecule has 1 saturated carbocycles. The fourth-order valence-corrected chi connectivity index (χ4v) is 6.61. The standard InChI is InChI=1S/C27H39N3O4S/c1-4-19-30(20-5-2)35(32,33)29-23-15-17-27(18-16-23,22-11-7-6-8-12-22)21-28-26(31)24-13-9-10-14-25(24)34-3/h6-14,23,29H,4-5,15-21H2,1-3H3,(H,28,31)/t23-,27+. The molecule has 0 spiro atoms. The summed E-state index contributed by atoms with van der Waals surface area (Å²) in [7, 11) is -1.96. The molecule has 1 aliphatic carbocycles. The minimum Gasteiger partial charge on any atom is -0.496 e. The number of para-hydroxylation sites is 1. The second-order valence-electron chi connectivity index (χ2n) is 9.33. The normalized spacial score (nSPS) is 20.5. The third kappa shape index (κ3) is 6.84. The lowest BCUT2D eigenvalue weighted by Crippen LogP contribution is -2.50. The van der Waals surface area contributed by atoms with Crippen LogP contribution in [0.2, 0.25) is 0 Å². The van der Waals surface area contributed by atoms with Crippen molar-refractivity contribution in [1.29, 1.82) is 0 Å². The molecular weight excluding hydrogens is 462 g/mol. The predicted molar refractivity (Wildman–Crippen MR) is 140 cm³/mol. The molecule has 0 aromatic heterocycles. The van der Waals surface area contributed by atoms with Crippen molar-refractivity contribution in [2.45, 2.75) is 63.8 Å². The van der Waals surface area contributed by atoms with Crippen molar-refractivity contribution < 1.29 is 17.9 Å². The van der Waals surface area contributed by atoms with Gasteiger partial charge in [0, 0.05) is 31.1 Å². The predicted octanol–water partition coefficient (Wildman–Crippen LogP) is 4.26. The van der Waals surface area contributed by atoms with Crippen LogP contribution in [0.5, 0.6) is 5.75 Å². The largest absolute Gasteiger partial charge is 0.496 e. The number of amides is 1. The van der Waals surface area contributed by atoms with E-state index in [0.717, 1.165) is 25.7 Å². The molecule has 0 radical (unpaired) electrons. The summed E-state index contributed by atoms with van der Waals surface area (Å²) in [5, 5.41) is 3.13. The van der Waals surface area contributed by atoms with Gasteiger partial charge in [-0.3, -0.25) is 4.79 Å². The van der Waals surface area contributed by atoms with Crippen molar-refractivity contribution in [3.63, 3.8) is 0 Å². The summed E-state index contributed by atoms with van der Waals surface area (Å²) in [6, 6.07) is 17.3. The van der Waals surface area contributed by atoms with E-state index in [4.69, 9.17) is 4.74 Å². The number of nitrogens with zero attached hydrogens (tertiary/aromatic N) is 1. The molecule has 192 valence electrons. The molecule has 2 aromatic carbocycles. The second-order valence-corrected chi connectivity index (χ2v) is 11.0. The van der Waals surface area contributed by atoms with Gasteiger partial charge in [0.25, 0.3) is 16.1 Å². The van der Waals surface area contributed by atoms with Gasteiger partial charge in [0.1, 0.15) is 5.75 Å². The number of hydrogen-bond acceptors (Lipinski definition) is 4. The monoisotopic (exact) mass is 501 g/mol. The van der Waals surface area contributed by atoms with Gasteiger partial charge < -0.3 is 10.1 Å². The number of carbonyl (C=O) groups is 1. The quantitative estimate of drug-likeness (QED) is 0.455. The number of hydrogen-bond donors (Lipinski definition) is 2. The lowest BCUT2D eigenvalue weighted by Gasteiger charge is -2.41. The molecule has 0 bridgehead atoms. The minimum atomic E-state index is -3.52. The molecular formula is C27H39N3O4S. The third-order valence-electron chi connectivity index (χ3n) is 6.87. The molecule has 1 aliphatic rings. The summed E-state index contributed by atoms with van der Waals surface area (Å²) in [5.74, 6) is 0.371. The first-order valence-corrected chi connectivity index (χ1v) is 14.0. The Morgan fingerprint density at radius 3 is 2.20 bits per heavy atom. The summed E-state index contributed by atoms with van der Waals surface area (Å²) in [5.41, 5.74) is 1.42. The van der Waals surface area contributed by atoms with Gasteiger partial charge in [-0.05, 0) is 56.2 Å². The molecule has 0 atom stereocenters. The molecule has 0 heterocycles. The summed E-state index contributed by atoms with van der Waals surface area (Å²) in [4.78, 5) is 13.0. The number of nitrogens with one attached hydrogen (secondary N) is 2. The van der Waals surface area contributed by atoms with Crippen molar-refractivity contribution in [1.82, 2.24) is 14.3 Å². The Morgan fingerprint density at radius 1 is 1.00 bits per heavy atom. The van der Waals surface area contributed by atoms with Crippen LogP contribution in [-0.4, -0.2) is 51.4 Å². The van der Waals surface area contributed by atoms with Gasteiger partial charge in [0.15, 0.2) is 0 Å². The van der Waals surface area contributed by atoms with Gasteiger partial charge in [-0.2, -0.15) is 17.4 Å². The molecule has 1 fully saturated rings. The summed E-state index contributed by atoms with van der Waals surface area (Å²) in [6.45, 7) is 5.52. The van der Waals surface area contributed by atoms with E-state index in [0.29, 0.717) is 43.8 Å². The van der Waals surface area contributed by atoms with E-state index in [2.05, 4.69) is 22.2 Å². The van der Waals surface area contributed by atoms with Gasteiger partial charge in [0.05, 0.1) is 12.7 Å². The number of benzene rings is 2. The van der Waals surface area contributed by atoms with E-state index in [1.807, 2.05) is 44.2 Å². The van der Waals surface area contributed by atoms with E-state index >= 15 is 0 Å². The van der Waals surface area contributed by atoms with E-state index in [1.54, 1.807) is 23.5 Å². The Labute approximate surface area is 210 Å². The Balaban J connectivity index is 1.72. The minimum absolute atomic E-state index is 0.113. The van der Waals surface area contributed by atoms with E-state index in [9.17, 15) is 13.2 Å². The molecule has 0 aliphatic heterocycles. The maximum absolute atomic E-state index is 13.0. The van der Waals surface area contributed by atoms with Crippen LogP contribution < -0.4 is 14.8 Å². The van der Waals surface area contributed by atoms with Crippen LogP contribution in [0.3, 0.4) is 0 Å². The maximum Gasteiger partial charge on any atom is 0.279 e. The van der Waals surface area contributed by atoms with E-state index < -0.39 is 10.2 Å². The number of methoxy groups -OCH3 is 1. The van der Waals surface area contributed by atoms with Crippen molar-refractivity contribution in [2.75, 3.05) is 26.7 Å². The van der Waals surface area contributed by atoms with Crippen LogP contribution in [0.15, 0.2) is 54.6 Å². The molecule has 8 heteroatoms. The maximum atomic E-state index is 13.0. The first-order chi connectivity index (χ1) is 16.8. The Bertz CT molecular complexity index is 1050. The highest BCUT2D eigenvalue weighted by atomic mass is 32.2. The average Bonchev–Trinajstić information content (AvgIpc) is 2.88. The first kappa shape index (κ1) is 27.2. The highest BCUT2D eigenvalue weighted by Gasteiger charge is 2.39. The number of ether oxygens (including phenoxy) is 1. The zero-order chi connectivity index (χ0) is 25.3. The fraction of sp³-hybridized carbons (Fsp3) is 0.519. The molecule has 7 nitrogen and oxygen atoms in total. The van der Waals surface area contributed by atoms with Crippen LogP contribution in [0.1, 0.15) is 68.3 Å². The molecule has 1 amide bonds. The molecule has 3 rings (SSSR count). The number of carbonyl (C=O) groups excluding carboxylic acids is 1. The van der Waals surface area contributed by atoms with Gasteiger partial charge in [-0.1, -0.05) is 56.3 Å². The van der Waals surface area contributed by atoms with Crippen LogP contribution in [0, 0.1) is 0 Å². The first-order valence-electron chi connectivity index (χ1n) is 12.6. The topological polar surface area (TPSA) is 87.7 Å². The molecule has 2 N–H and O–H groups in total. The van der Waals surface area contributed by atoms with E-state index in [-0.39, 0.29) is 17.4 Å². The van der Waals surface area contributed by atoms with E-state index in [1.165, 1.54) is 5.56 Å². The van der Waals surface area contributed by atoms with Crippen molar-refractivity contribution in [3.8, 4) is 5.75 Å². The zero-order valence-electron chi connectivity index (χ0n) is 21.1. The van der Waals surface area contributed by atoms with Crippen LogP contribution in [0.25, 0.3) is 0 Å². The smallest absolute Gasteiger partial charge is 0.279 e.